The highest BCUT2D eigenvalue weighted by atomic mass is 16.5. The summed E-state index contributed by atoms with van der Waals surface area (Å²) in [6, 6.07) is 8.78. The molecule has 1 unspecified atom stereocenters. The fraction of sp³-hybridized carbons (Fsp3) is 0.588. The van der Waals surface area contributed by atoms with Crippen molar-refractivity contribution in [1.29, 1.82) is 0 Å². The molecule has 0 bridgehead atoms. The van der Waals surface area contributed by atoms with Crippen LogP contribution in [0, 0.1) is 0 Å². The van der Waals surface area contributed by atoms with Crippen LogP contribution in [0.15, 0.2) is 29.3 Å². The molecule has 1 aliphatic heterocycles. The molecule has 0 spiro atoms. The van der Waals surface area contributed by atoms with Crippen molar-refractivity contribution in [2.75, 3.05) is 41.3 Å². The number of ether oxygens (including phenoxy) is 1. The molecule has 122 valence electrons. The number of aliphatic imine (C=N–C) groups is 1. The van der Waals surface area contributed by atoms with Crippen molar-refractivity contribution in [3.8, 4) is 5.75 Å². The number of likely N-dealkylation sites (N-methyl/N-ethyl adjacent to an activating group) is 1. The standard InChI is InChI=1S/C17H28N4O/c1-18-17(19-12-15-6-5-11-20(15)2)21(3)13-14-7-9-16(22-4)10-8-14/h7-10,15H,5-6,11-13H2,1-4H3,(H,18,19). The normalized spacial score (nSPS) is 19.3. The molecular weight excluding hydrogens is 276 g/mol. The third-order valence-corrected chi connectivity index (χ3v) is 4.32. The molecule has 1 heterocycles. The van der Waals surface area contributed by atoms with Crippen molar-refractivity contribution >= 4 is 5.96 Å². The predicted molar refractivity (Wildman–Crippen MR) is 91.5 cm³/mol. The molecule has 0 amide bonds. The van der Waals surface area contributed by atoms with Crippen molar-refractivity contribution in [3.05, 3.63) is 29.8 Å². The summed E-state index contributed by atoms with van der Waals surface area (Å²) in [5.41, 5.74) is 1.24. The molecule has 1 aromatic rings. The predicted octanol–water partition coefficient (Wildman–Crippen LogP) is 1.80. The summed E-state index contributed by atoms with van der Waals surface area (Å²) in [6.07, 6.45) is 2.56. The monoisotopic (exact) mass is 304 g/mol. The SMILES string of the molecule is CN=C(NCC1CCCN1C)N(C)Cc1ccc(OC)cc1. The van der Waals surface area contributed by atoms with Crippen molar-refractivity contribution in [3.63, 3.8) is 0 Å². The van der Waals surface area contributed by atoms with Gasteiger partial charge in [0.2, 0.25) is 0 Å². The van der Waals surface area contributed by atoms with Crippen LogP contribution in [0.4, 0.5) is 0 Å². The Bertz CT molecular complexity index is 486. The quantitative estimate of drug-likeness (QED) is 0.665. The first-order valence-electron chi connectivity index (χ1n) is 7.89. The number of likely N-dealkylation sites (tertiary alicyclic amines) is 1. The first-order valence-corrected chi connectivity index (χ1v) is 7.89. The Morgan fingerprint density at radius 2 is 2.14 bits per heavy atom. The number of methoxy groups -OCH3 is 1. The molecule has 1 N–H and O–H groups in total. The molecule has 2 rings (SSSR count). The zero-order valence-corrected chi connectivity index (χ0v) is 14.2. The minimum Gasteiger partial charge on any atom is -0.497 e. The highest BCUT2D eigenvalue weighted by Gasteiger charge is 2.21. The van der Waals surface area contributed by atoms with E-state index in [9.17, 15) is 0 Å². The zero-order chi connectivity index (χ0) is 15.9. The van der Waals surface area contributed by atoms with E-state index in [0.717, 1.165) is 24.8 Å². The molecule has 22 heavy (non-hydrogen) atoms. The number of nitrogens with zero attached hydrogens (tertiary/aromatic N) is 3. The number of hydrogen-bond donors (Lipinski definition) is 1. The fourth-order valence-electron chi connectivity index (χ4n) is 2.91. The van der Waals surface area contributed by atoms with Gasteiger partial charge in [0, 0.05) is 33.2 Å². The second kappa shape index (κ2) is 8.03. The average molecular weight is 304 g/mol. The third kappa shape index (κ3) is 4.37. The van der Waals surface area contributed by atoms with E-state index in [1.165, 1.54) is 24.9 Å². The largest absolute Gasteiger partial charge is 0.497 e. The fourth-order valence-corrected chi connectivity index (χ4v) is 2.91. The van der Waals surface area contributed by atoms with Crippen molar-refractivity contribution in [2.24, 2.45) is 4.99 Å². The maximum atomic E-state index is 5.19. The van der Waals surface area contributed by atoms with E-state index >= 15 is 0 Å². The molecule has 0 radical (unpaired) electrons. The number of hydrogen-bond acceptors (Lipinski definition) is 3. The van der Waals surface area contributed by atoms with E-state index in [-0.39, 0.29) is 0 Å². The summed E-state index contributed by atoms with van der Waals surface area (Å²) in [5, 5.41) is 3.49. The van der Waals surface area contributed by atoms with Crippen LogP contribution in [0.1, 0.15) is 18.4 Å². The Morgan fingerprint density at radius 1 is 1.41 bits per heavy atom. The van der Waals surface area contributed by atoms with Crippen molar-refractivity contribution < 1.29 is 4.74 Å². The van der Waals surface area contributed by atoms with Crippen molar-refractivity contribution in [2.45, 2.75) is 25.4 Å². The van der Waals surface area contributed by atoms with Crippen LogP contribution in [0.25, 0.3) is 0 Å². The van der Waals surface area contributed by atoms with Gasteiger partial charge in [-0.1, -0.05) is 12.1 Å². The number of benzene rings is 1. The van der Waals surface area contributed by atoms with Crippen LogP contribution in [-0.4, -0.2) is 63.1 Å². The summed E-state index contributed by atoms with van der Waals surface area (Å²) < 4.78 is 5.19. The zero-order valence-electron chi connectivity index (χ0n) is 14.2. The maximum absolute atomic E-state index is 5.19. The Hall–Kier alpha value is -1.75. The van der Waals surface area contributed by atoms with E-state index in [1.54, 1.807) is 7.11 Å². The Kier molecular flexibility index (Phi) is 6.07. The molecule has 0 aromatic heterocycles. The summed E-state index contributed by atoms with van der Waals surface area (Å²) in [6.45, 7) is 2.98. The number of guanidine groups is 1. The van der Waals surface area contributed by atoms with Gasteiger partial charge in [-0.25, -0.2) is 0 Å². The lowest BCUT2D eigenvalue weighted by Crippen LogP contribution is -2.44. The summed E-state index contributed by atoms with van der Waals surface area (Å²) in [7, 11) is 7.79. The van der Waals surface area contributed by atoms with Gasteiger partial charge in [0.05, 0.1) is 7.11 Å². The first kappa shape index (κ1) is 16.6. The highest BCUT2D eigenvalue weighted by Crippen LogP contribution is 2.14. The smallest absolute Gasteiger partial charge is 0.193 e. The molecule has 1 atom stereocenters. The van der Waals surface area contributed by atoms with Gasteiger partial charge in [-0.3, -0.25) is 4.99 Å². The van der Waals surface area contributed by atoms with E-state index < -0.39 is 0 Å². The molecule has 1 fully saturated rings. The van der Waals surface area contributed by atoms with Crippen LogP contribution in [0.2, 0.25) is 0 Å². The lowest BCUT2D eigenvalue weighted by Gasteiger charge is -2.25. The van der Waals surface area contributed by atoms with E-state index in [4.69, 9.17) is 4.74 Å². The van der Waals surface area contributed by atoms with Gasteiger partial charge in [-0.05, 0) is 44.1 Å². The van der Waals surface area contributed by atoms with Gasteiger partial charge in [0.25, 0.3) is 0 Å². The van der Waals surface area contributed by atoms with Gasteiger partial charge in [-0.15, -0.1) is 0 Å². The minimum atomic E-state index is 0.617. The van der Waals surface area contributed by atoms with Gasteiger partial charge >= 0.3 is 0 Å². The third-order valence-electron chi connectivity index (χ3n) is 4.32. The van der Waals surface area contributed by atoms with Crippen LogP contribution >= 0.6 is 0 Å². The second-order valence-electron chi connectivity index (χ2n) is 5.91. The molecule has 1 aliphatic rings. The van der Waals surface area contributed by atoms with Crippen LogP contribution in [-0.2, 0) is 6.54 Å². The van der Waals surface area contributed by atoms with E-state index in [2.05, 4.69) is 46.3 Å². The molecule has 0 saturated carbocycles. The first-order chi connectivity index (χ1) is 10.6. The molecule has 5 heteroatoms. The number of nitrogens with one attached hydrogen (secondary N) is 1. The van der Waals surface area contributed by atoms with Crippen molar-refractivity contribution in [1.82, 2.24) is 15.1 Å². The molecule has 1 aromatic carbocycles. The Morgan fingerprint density at radius 3 is 2.68 bits per heavy atom. The molecular formula is C17H28N4O. The summed E-state index contributed by atoms with van der Waals surface area (Å²) in [4.78, 5) is 8.96. The topological polar surface area (TPSA) is 40.1 Å². The molecule has 0 aliphatic carbocycles. The lowest BCUT2D eigenvalue weighted by molar-refractivity contribution is 0.306. The van der Waals surface area contributed by atoms with Gasteiger partial charge < -0.3 is 19.9 Å². The van der Waals surface area contributed by atoms with Gasteiger partial charge in [-0.2, -0.15) is 0 Å². The number of rotatable bonds is 5. The molecule has 5 nitrogen and oxygen atoms in total. The Balaban J connectivity index is 1.86. The maximum Gasteiger partial charge on any atom is 0.193 e. The lowest BCUT2D eigenvalue weighted by atomic mass is 10.2. The molecule has 1 saturated heterocycles. The summed E-state index contributed by atoms with van der Waals surface area (Å²) in [5.74, 6) is 1.83. The second-order valence-corrected chi connectivity index (χ2v) is 5.91. The van der Waals surface area contributed by atoms with Crippen LogP contribution in [0.3, 0.4) is 0 Å². The minimum absolute atomic E-state index is 0.617. The van der Waals surface area contributed by atoms with E-state index in [0.29, 0.717) is 6.04 Å². The van der Waals surface area contributed by atoms with Crippen LogP contribution < -0.4 is 10.1 Å². The summed E-state index contributed by atoms with van der Waals surface area (Å²) >= 11 is 0. The van der Waals surface area contributed by atoms with Gasteiger partial charge in [0.1, 0.15) is 5.75 Å². The van der Waals surface area contributed by atoms with Crippen LogP contribution in [0.5, 0.6) is 5.75 Å². The van der Waals surface area contributed by atoms with E-state index in [1.807, 2.05) is 19.2 Å². The average Bonchev–Trinajstić information content (AvgIpc) is 2.94. The highest BCUT2D eigenvalue weighted by molar-refractivity contribution is 5.79. The Labute approximate surface area is 134 Å². The van der Waals surface area contributed by atoms with Gasteiger partial charge in [0.15, 0.2) is 5.96 Å².